The van der Waals surface area contributed by atoms with E-state index < -0.39 is 24.1 Å². The van der Waals surface area contributed by atoms with Gasteiger partial charge in [0.2, 0.25) is 0 Å². The van der Waals surface area contributed by atoms with Crippen LogP contribution < -0.4 is 0 Å². The minimum atomic E-state index is -2.27. The fourth-order valence-electron chi connectivity index (χ4n) is 0.270. The van der Waals surface area contributed by atoms with E-state index in [1.807, 2.05) is 0 Å². The molecule has 0 rings (SSSR count). The fraction of sp³-hybridized carbons (Fsp3) is 0.500. The van der Waals surface area contributed by atoms with E-state index in [2.05, 4.69) is 0 Å². The van der Waals surface area contributed by atoms with Crippen LogP contribution in [0.25, 0.3) is 0 Å². The summed E-state index contributed by atoms with van der Waals surface area (Å²) in [6, 6.07) is 0. The van der Waals surface area contributed by atoms with E-state index in [4.69, 9.17) is 20.4 Å². The molecule has 6 nitrogen and oxygen atoms in total. The molecule has 0 bridgehead atoms. The van der Waals surface area contributed by atoms with Gasteiger partial charge in [0.05, 0.1) is 0 Å². The molecule has 0 aliphatic carbocycles. The zero-order valence-electron chi connectivity index (χ0n) is 5.11. The molecule has 2 unspecified atom stereocenters. The van der Waals surface area contributed by atoms with Gasteiger partial charge in [0.1, 0.15) is 0 Å². The Morgan fingerprint density at radius 1 is 0.917 bits per heavy atom. The van der Waals surface area contributed by atoms with Crippen LogP contribution in [0.3, 0.4) is 0 Å². The molecule has 0 saturated carbocycles. The van der Waals surface area contributed by atoms with Crippen molar-refractivity contribution in [3.05, 3.63) is 0 Å². The van der Waals surface area contributed by atoms with Gasteiger partial charge in [0.25, 0.3) is 0 Å². The maximum absolute atomic E-state index is 9.77. The average Bonchev–Trinajstić information content (AvgIpc) is 1.84. The van der Waals surface area contributed by atoms with Gasteiger partial charge < -0.3 is 20.4 Å². The van der Waals surface area contributed by atoms with Crippen molar-refractivity contribution in [2.75, 3.05) is 0 Å². The van der Waals surface area contributed by atoms with Crippen molar-refractivity contribution >= 4 is 41.5 Å². The summed E-state index contributed by atoms with van der Waals surface area (Å²) in [4.78, 5) is 19.5. The van der Waals surface area contributed by atoms with Gasteiger partial charge in [-0.25, -0.2) is 9.59 Å². The zero-order chi connectivity index (χ0) is 8.31. The van der Waals surface area contributed by atoms with Gasteiger partial charge in [-0.1, -0.05) is 0 Å². The average molecular weight is 230 g/mol. The molecule has 0 heterocycles. The van der Waals surface area contributed by atoms with Crippen LogP contribution in [0.2, 0.25) is 0 Å². The Balaban J connectivity index is -0.000000405. The summed E-state index contributed by atoms with van der Waals surface area (Å²) in [5.41, 5.74) is 0. The molecule has 0 aliphatic heterocycles. The molecular weight excluding hydrogens is 223 g/mol. The number of hydrogen-bond donors (Lipinski definition) is 4. The van der Waals surface area contributed by atoms with Crippen molar-refractivity contribution in [2.24, 2.45) is 0 Å². The molecular formula is C4H7FeNaO6. The molecule has 8 heteroatoms. The van der Waals surface area contributed by atoms with Crippen molar-refractivity contribution < 1.29 is 47.1 Å². The number of aliphatic carboxylic acids is 2. The molecule has 68 valence electrons. The van der Waals surface area contributed by atoms with Crippen molar-refractivity contribution in [2.45, 2.75) is 12.2 Å². The number of hydrogen-bond acceptors (Lipinski definition) is 4. The van der Waals surface area contributed by atoms with E-state index in [0.29, 0.717) is 0 Å². The molecule has 12 heavy (non-hydrogen) atoms. The van der Waals surface area contributed by atoms with Crippen LogP contribution in [-0.2, 0) is 26.7 Å². The Bertz CT molecular complexity index is 144. The van der Waals surface area contributed by atoms with E-state index >= 15 is 0 Å². The summed E-state index contributed by atoms with van der Waals surface area (Å²) in [6.07, 6.45) is -4.53. The van der Waals surface area contributed by atoms with Crippen molar-refractivity contribution in [1.82, 2.24) is 0 Å². The molecule has 0 spiro atoms. The fourth-order valence-corrected chi connectivity index (χ4v) is 0.270. The maximum atomic E-state index is 9.77. The van der Waals surface area contributed by atoms with Crippen molar-refractivity contribution in [3.63, 3.8) is 0 Å². The van der Waals surface area contributed by atoms with E-state index in [0.717, 1.165) is 0 Å². The van der Waals surface area contributed by atoms with Gasteiger partial charge in [-0.2, -0.15) is 0 Å². The van der Waals surface area contributed by atoms with E-state index in [-0.39, 0.29) is 46.6 Å². The standard InChI is InChI=1S/C4H6O6.Fe.Na.H/c5-1(3(7)8)2(6)4(9)10;;;/h1-2,5-6H,(H,7,8)(H,9,10);;;. The van der Waals surface area contributed by atoms with Crippen molar-refractivity contribution in [3.8, 4) is 0 Å². The molecule has 0 aromatic carbocycles. The first-order valence-electron chi connectivity index (χ1n) is 2.28. The topological polar surface area (TPSA) is 115 Å². The molecule has 0 saturated heterocycles. The molecule has 4 N–H and O–H groups in total. The summed E-state index contributed by atoms with van der Waals surface area (Å²) in [5.74, 6) is -3.54. The predicted octanol–water partition coefficient (Wildman–Crippen LogP) is -2.77. The van der Waals surface area contributed by atoms with Crippen LogP contribution >= 0.6 is 0 Å². The van der Waals surface area contributed by atoms with E-state index in [1.54, 1.807) is 0 Å². The minimum absolute atomic E-state index is 0. The molecule has 0 aromatic heterocycles. The summed E-state index contributed by atoms with van der Waals surface area (Å²) in [5, 5.41) is 32.5. The third-order valence-electron chi connectivity index (χ3n) is 0.805. The van der Waals surface area contributed by atoms with Crippen molar-refractivity contribution in [1.29, 1.82) is 0 Å². The zero-order valence-corrected chi connectivity index (χ0v) is 6.22. The molecule has 0 amide bonds. The first-order chi connectivity index (χ1) is 4.46. The number of aliphatic hydroxyl groups is 2. The van der Waals surface area contributed by atoms with Crippen LogP contribution in [0.15, 0.2) is 0 Å². The van der Waals surface area contributed by atoms with Crippen LogP contribution in [-0.4, -0.2) is 74.1 Å². The molecule has 0 fully saturated rings. The SMILES string of the molecule is O=C(O)C(O)C(O)C(=O)O.[Fe].[NaH]. The number of aliphatic hydroxyl groups excluding tert-OH is 2. The summed E-state index contributed by atoms with van der Waals surface area (Å²) in [6.45, 7) is 0. The monoisotopic (exact) mass is 230 g/mol. The van der Waals surface area contributed by atoms with Crippen LogP contribution in [0.4, 0.5) is 0 Å². The van der Waals surface area contributed by atoms with Crippen LogP contribution in [0.5, 0.6) is 0 Å². The number of carboxylic acids is 2. The van der Waals surface area contributed by atoms with Gasteiger partial charge in [-0.3, -0.25) is 0 Å². The summed E-state index contributed by atoms with van der Waals surface area (Å²) in [7, 11) is 0. The van der Waals surface area contributed by atoms with Gasteiger partial charge in [-0.15, -0.1) is 0 Å². The van der Waals surface area contributed by atoms with Gasteiger partial charge in [0.15, 0.2) is 12.2 Å². The summed E-state index contributed by atoms with van der Waals surface area (Å²) < 4.78 is 0. The Labute approximate surface area is 100 Å². The van der Waals surface area contributed by atoms with Crippen LogP contribution in [0, 0.1) is 0 Å². The normalized spacial score (nSPS) is 13.2. The Morgan fingerprint density at radius 3 is 1.17 bits per heavy atom. The van der Waals surface area contributed by atoms with E-state index in [1.165, 1.54) is 0 Å². The second-order valence-electron chi connectivity index (χ2n) is 1.57. The Hall–Kier alpha value is 0.379. The molecule has 0 aromatic rings. The predicted molar refractivity (Wildman–Crippen MR) is 34.4 cm³/mol. The molecule has 0 aliphatic rings. The van der Waals surface area contributed by atoms with E-state index in [9.17, 15) is 9.59 Å². The Morgan fingerprint density at radius 2 is 1.08 bits per heavy atom. The third-order valence-corrected chi connectivity index (χ3v) is 0.805. The van der Waals surface area contributed by atoms with Crippen LogP contribution in [0.1, 0.15) is 0 Å². The summed E-state index contributed by atoms with van der Waals surface area (Å²) >= 11 is 0. The first kappa shape index (κ1) is 18.2. The molecule has 2 atom stereocenters. The molecule has 0 radical (unpaired) electrons. The number of rotatable bonds is 3. The van der Waals surface area contributed by atoms with Gasteiger partial charge in [0, 0.05) is 17.1 Å². The van der Waals surface area contributed by atoms with Gasteiger partial charge >= 0.3 is 41.5 Å². The van der Waals surface area contributed by atoms with Gasteiger partial charge in [-0.05, 0) is 0 Å². The second kappa shape index (κ2) is 8.00. The quantitative estimate of drug-likeness (QED) is 0.390. The number of carboxylic acid groups (broad SMARTS) is 2. The second-order valence-corrected chi connectivity index (χ2v) is 1.57. The number of carbonyl (C=O) groups is 2. The third kappa shape index (κ3) is 5.96. The first-order valence-corrected chi connectivity index (χ1v) is 2.28. The Kier molecular flexibility index (Phi) is 12.1.